The molecule has 0 aliphatic carbocycles. The second-order valence-electron chi connectivity index (χ2n) is 6.80. The van der Waals surface area contributed by atoms with Crippen molar-refractivity contribution in [2.75, 3.05) is 5.32 Å². The van der Waals surface area contributed by atoms with Crippen molar-refractivity contribution in [1.82, 2.24) is 9.13 Å². The Morgan fingerprint density at radius 2 is 1.62 bits per heavy atom. The molecular formula is C20H23N3O2S. The molecule has 0 fully saturated rings. The van der Waals surface area contributed by atoms with Crippen LogP contribution in [0.3, 0.4) is 0 Å². The molecule has 0 saturated carbocycles. The molecule has 3 rings (SSSR count). The van der Waals surface area contributed by atoms with Gasteiger partial charge in [0.15, 0.2) is 0 Å². The molecule has 0 spiro atoms. The number of hydrogen-bond donors (Lipinski definition) is 1. The van der Waals surface area contributed by atoms with Crippen LogP contribution in [0, 0.1) is 12.8 Å². The Bertz CT molecular complexity index is 1030. The molecular weight excluding hydrogens is 346 g/mol. The molecule has 26 heavy (non-hydrogen) atoms. The van der Waals surface area contributed by atoms with E-state index >= 15 is 0 Å². The predicted octanol–water partition coefficient (Wildman–Crippen LogP) is 3.93. The molecule has 1 aromatic heterocycles. The molecule has 1 amide bonds. The number of carbonyl (C=O) groups is 1. The van der Waals surface area contributed by atoms with Crippen molar-refractivity contribution in [3.8, 4) is 0 Å². The average Bonchev–Trinajstić information content (AvgIpc) is 2.81. The van der Waals surface area contributed by atoms with Gasteiger partial charge in [0.1, 0.15) is 0 Å². The number of anilines is 1. The molecule has 0 atom stereocenters. The number of carbonyl (C=O) groups excluding carboxylic acids is 1. The van der Waals surface area contributed by atoms with Gasteiger partial charge in [-0.3, -0.25) is 13.9 Å². The summed E-state index contributed by atoms with van der Waals surface area (Å²) in [6.07, 6.45) is 0. The summed E-state index contributed by atoms with van der Waals surface area (Å²) in [6, 6.07) is 12.1. The van der Waals surface area contributed by atoms with E-state index < -0.39 is 0 Å². The van der Waals surface area contributed by atoms with E-state index in [1.807, 2.05) is 26.0 Å². The van der Waals surface area contributed by atoms with Crippen molar-refractivity contribution in [3.63, 3.8) is 0 Å². The lowest BCUT2D eigenvalue weighted by Crippen LogP contribution is -2.19. The number of aromatic nitrogens is 2. The first-order valence-corrected chi connectivity index (χ1v) is 9.34. The summed E-state index contributed by atoms with van der Waals surface area (Å²) < 4.78 is 3.23. The Kier molecular flexibility index (Phi) is 4.96. The van der Waals surface area contributed by atoms with Gasteiger partial charge in [-0.25, -0.2) is 4.79 Å². The zero-order valence-corrected chi connectivity index (χ0v) is 16.5. The Hall–Kier alpha value is -2.47. The summed E-state index contributed by atoms with van der Waals surface area (Å²) in [6.45, 7) is 5.77. The number of imidazole rings is 1. The summed E-state index contributed by atoms with van der Waals surface area (Å²) in [7, 11) is 3.50. The third-order valence-corrected chi connectivity index (χ3v) is 5.47. The molecule has 5 nitrogen and oxygen atoms in total. The highest BCUT2D eigenvalue weighted by Crippen LogP contribution is 2.36. The molecule has 2 aromatic carbocycles. The number of nitrogens with one attached hydrogen (secondary N) is 1. The molecule has 0 unspecified atom stereocenters. The average molecular weight is 369 g/mol. The molecule has 0 aliphatic rings. The van der Waals surface area contributed by atoms with E-state index in [1.54, 1.807) is 35.0 Å². The Labute approximate surface area is 157 Å². The summed E-state index contributed by atoms with van der Waals surface area (Å²) in [5.74, 6) is -0.168. The van der Waals surface area contributed by atoms with Gasteiger partial charge < -0.3 is 5.32 Å². The fraction of sp³-hybridized carbons (Fsp3) is 0.300. The second kappa shape index (κ2) is 7.03. The zero-order chi connectivity index (χ0) is 19.0. The lowest BCUT2D eigenvalue weighted by molar-refractivity contribution is -0.118. The van der Waals surface area contributed by atoms with Crippen LogP contribution in [0.15, 0.2) is 51.0 Å². The van der Waals surface area contributed by atoms with Crippen molar-refractivity contribution >= 4 is 34.4 Å². The number of fused-ring (bicyclic) bond motifs is 1. The fourth-order valence-corrected chi connectivity index (χ4v) is 3.64. The Morgan fingerprint density at radius 3 is 2.19 bits per heavy atom. The maximum atomic E-state index is 12.3. The molecule has 1 heterocycles. The van der Waals surface area contributed by atoms with Crippen LogP contribution >= 0.6 is 11.8 Å². The molecule has 136 valence electrons. The fourth-order valence-electron chi connectivity index (χ4n) is 2.72. The Morgan fingerprint density at radius 1 is 1.04 bits per heavy atom. The van der Waals surface area contributed by atoms with Gasteiger partial charge in [0.05, 0.1) is 16.7 Å². The van der Waals surface area contributed by atoms with Crippen molar-refractivity contribution in [2.24, 2.45) is 20.0 Å². The van der Waals surface area contributed by atoms with Gasteiger partial charge >= 0.3 is 5.69 Å². The van der Waals surface area contributed by atoms with Crippen molar-refractivity contribution in [2.45, 2.75) is 30.6 Å². The van der Waals surface area contributed by atoms with Crippen LogP contribution in [0.4, 0.5) is 5.69 Å². The first-order chi connectivity index (χ1) is 12.3. The van der Waals surface area contributed by atoms with Crippen molar-refractivity contribution in [1.29, 1.82) is 0 Å². The minimum atomic E-state index is -0.123. The summed E-state index contributed by atoms with van der Waals surface area (Å²) in [5.41, 5.74) is 3.48. The predicted molar refractivity (Wildman–Crippen MR) is 107 cm³/mol. The lowest BCUT2D eigenvalue weighted by Gasteiger charge is -2.13. The molecule has 0 saturated heterocycles. The summed E-state index contributed by atoms with van der Waals surface area (Å²) in [4.78, 5) is 26.5. The molecule has 6 heteroatoms. The summed E-state index contributed by atoms with van der Waals surface area (Å²) >= 11 is 1.58. The SMILES string of the molecule is Cc1ccc(Sc2cc3c(cc2NC(=O)C(C)C)n(C)c(=O)n3C)cc1. The molecule has 3 aromatic rings. The van der Waals surface area contributed by atoms with E-state index in [0.717, 1.165) is 26.5 Å². The zero-order valence-electron chi connectivity index (χ0n) is 15.7. The molecule has 0 aliphatic heterocycles. The van der Waals surface area contributed by atoms with E-state index in [-0.39, 0.29) is 17.5 Å². The summed E-state index contributed by atoms with van der Waals surface area (Å²) in [5, 5.41) is 3.01. The van der Waals surface area contributed by atoms with Gasteiger partial charge in [-0.05, 0) is 31.2 Å². The minimum Gasteiger partial charge on any atom is -0.325 e. The number of benzene rings is 2. The number of nitrogens with zero attached hydrogens (tertiary/aromatic N) is 2. The first kappa shape index (κ1) is 18.3. The van der Waals surface area contributed by atoms with Crippen LogP contribution in [-0.2, 0) is 18.9 Å². The standard InChI is InChI=1S/C20H23N3O2S/c1-12(2)19(24)21-15-10-16-17(23(5)20(25)22(16)4)11-18(15)26-14-8-6-13(3)7-9-14/h6-12H,1-5H3,(H,21,24). The van der Waals surface area contributed by atoms with Crippen molar-refractivity contribution in [3.05, 3.63) is 52.4 Å². The Balaban J connectivity index is 2.13. The molecule has 1 N–H and O–H groups in total. The first-order valence-electron chi connectivity index (χ1n) is 8.52. The highest BCUT2D eigenvalue weighted by atomic mass is 32.2. The van der Waals surface area contributed by atoms with Crippen LogP contribution in [0.5, 0.6) is 0 Å². The van der Waals surface area contributed by atoms with Crippen molar-refractivity contribution < 1.29 is 4.79 Å². The number of rotatable bonds is 4. The van der Waals surface area contributed by atoms with Gasteiger partial charge in [-0.15, -0.1) is 0 Å². The maximum absolute atomic E-state index is 12.3. The number of aryl methyl sites for hydroxylation is 3. The highest BCUT2D eigenvalue weighted by molar-refractivity contribution is 7.99. The van der Waals surface area contributed by atoms with E-state index in [0.29, 0.717) is 0 Å². The van der Waals surface area contributed by atoms with E-state index in [2.05, 4.69) is 36.5 Å². The van der Waals surface area contributed by atoms with Crippen LogP contribution in [-0.4, -0.2) is 15.0 Å². The van der Waals surface area contributed by atoms with Crippen LogP contribution in [0.25, 0.3) is 11.0 Å². The third-order valence-electron chi connectivity index (χ3n) is 4.40. The number of hydrogen-bond acceptors (Lipinski definition) is 3. The highest BCUT2D eigenvalue weighted by Gasteiger charge is 2.16. The second-order valence-corrected chi connectivity index (χ2v) is 7.91. The molecule has 0 bridgehead atoms. The van der Waals surface area contributed by atoms with Gasteiger partial charge in [0.25, 0.3) is 0 Å². The third kappa shape index (κ3) is 3.42. The van der Waals surface area contributed by atoms with E-state index in [1.165, 1.54) is 5.56 Å². The minimum absolute atomic E-state index is 0.0453. The normalized spacial score (nSPS) is 11.3. The van der Waals surface area contributed by atoms with Gasteiger partial charge in [-0.1, -0.05) is 43.3 Å². The van der Waals surface area contributed by atoms with Crippen LogP contribution in [0.2, 0.25) is 0 Å². The quantitative estimate of drug-likeness (QED) is 0.758. The maximum Gasteiger partial charge on any atom is 0.328 e. The number of amides is 1. The lowest BCUT2D eigenvalue weighted by atomic mass is 10.2. The smallest absolute Gasteiger partial charge is 0.325 e. The topological polar surface area (TPSA) is 56.0 Å². The van der Waals surface area contributed by atoms with E-state index in [9.17, 15) is 9.59 Å². The van der Waals surface area contributed by atoms with Crippen LogP contribution in [0.1, 0.15) is 19.4 Å². The van der Waals surface area contributed by atoms with Crippen LogP contribution < -0.4 is 11.0 Å². The van der Waals surface area contributed by atoms with Gasteiger partial charge in [0.2, 0.25) is 5.91 Å². The van der Waals surface area contributed by atoms with E-state index in [4.69, 9.17) is 0 Å². The van der Waals surface area contributed by atoms with Gasteiger partial charge in [-0.2, -0.15) is 0 Å². The van der Waals surface area contributed by atoms with Gasteiger partial charge in [0, 0.05) is 29.8 Å². The monoisotopic (exact) mass is 369 g/mol. The molecule has 0 radical (unpaired) electrons. The largest absolute Gasteiger partial charge is 0.328 e.